The highest BCUT2D eigenvalue weighted by Gasteiger charge is 2.25. The molecule has 4 rings (SSSR count). The Hall–Kier alpha value is -3.92. The molecule has 1 aliphatic rings. The minimum Gasteiger partial charge on any atom is -0.494 e. The van der Waals surface area contributed by atoms with Gasteiger partial charge in [0.25, 0.3) is 11.6 Å². The molecule has 168 valence electrons. The number of amidine groups is 1. The van der Waals surface area contributed by atoms with E-state index in [1.54, 1.807) is 12.1 Å². The molecule has 1 aliphatic heterocycles. The largest absolute Gasteiger partial charge is 0.494 e. The number of ether oxygens (including phenoxy) is 1. The fraction of sp³-hybridized carbons (Fsp3) is 0.130. The van der Waals surface area contributed by atoms with Gasteiger partial charge in [-0.1, -0.05) is 0 Å². The molecule has 1 saturated heterocycles. The van der Waals surface area contributed by atoms with Crippen LogP contribution < -0.4 is 10.1 Å². The summed E-state index contributed by atoms with van der Waals surface area (Å²) in [7, 11) is 1.46. The van der Waals surface area contributed by atoms with Crippen LogP contribution in [0.4, 0.5) is 15.8 Å². The minimum absolute atomic E-state index is 0.0626. The highest BCUT2D eigenvalue weighted by Crippen LogP contribution is 2.34. The van der Waals surface area contributed by atoms with Crippen LogP contribution in [-0.4, -0.2) is 27.7 Å². The Morgan fingerprint density at radius 2 is 1.91 bits per heavy atom. The highest BCUT2D eigenvalue weighted by molar-refractivity contribution is 8.18. The number of nitrogens with one attached hydrogen (secondary N) is 1. The second-order valence-corrected chi connectivity index (χ2v) is 8.26. The van der Waals surface area contributed by atoms with Crippen LogP contribution in [0.15, 0.2) is 58.4 Å². The summed E-state index contributed by atoms with van der Waals surface area (Å²) in [6.07, 6.45) is 1.77. The van der Waals surface area contributed by atoms with Crippen molar-refractivity contribution >= 4 is 40.3 Å². The number of hydrogen-bond donors (Lipinski definition) is 1. The van der Waals surface area contributed by atoms with E-state index in [0.717, 1.165) is 17.0 Å². The van der Waals surface area contributed by atoms with E-state index in [9.17, 15) is 19.3 Å². The molecule has 0 radical (unpaired) electrons. The molecule has 0 spiro atoms. The molecule has 2 heterocycles. The third kappa shape index (κ3) is 4.51. The summed E-state index contributed by atoms with van der Waals surface area (Å²) in [4.78, 5) is 27.9. The molecule has 1 aromatic heterocycles. The number of nitro groups is 1. The molecule has 0 unspecified atom stereocenters. The first-order chi connectivity index (χ1) is 15.8. The predicted molar refractivity (Wildman–Crippen MR) is 126 cm³/mol. The van der Waals surface area contributed by atoms with Gasteiger partial charge in [0.05, 0.1) is 34.4 Å². The number of nitrogens with zero attached hydrogens (tertiary/aromatic N) is 3. The van der Waals surface area contributed by atoms with Crippen molar-refractivity contribution in [3.8, 4) is 11.4 Å². The van der Waals surface area contributed by atoms with Crippen LogP contribution in [0.2, 0.25) is 0 Å². The lowest BCUT2D eigenvalue weighted by Crippen LogP contribution is -2.19. The Balaban J connectivity index is 1.67. The number of rotatable bonds is 5. The average molecular weight is 466 g/mol. The zero-order valence-corrected chi connectivity index (χ0v) is 18.8. The van der Waals surface area contributed by atoms with Crippen LogP contribution >= 0.6 is 11.8 Å². The number of carbonyl (C=O) groups is 1. The van der Waals surface area contributed by atoms with Crippen molar-refractivity contribution in [3.63, 3.8) is 0 Å². The molecule has 33 heavy (non-hydrogen) atoms. The number of methoxy groups -OCH3 is 1. The molecule has 1 N–H and O–H groups in total. The van der Waals surface area contributed by atoms with Crippen molar-refractivity contribution in [2.45, 2.75) is 13.8 Å². The monoisotopic (exact) mass is 466 g/mol. The number of aryl methyl sites for hydroxylation is 1. The van der Waals surface area contributed by atoms with Gasteiger partial charge in [0.2, 0.25) is 0 Å². The van der Waals surface area contributed by atoms with Gasteiger partial charge in [-0.05, 0) is 73.6 Å². The Morgan fingerprint density at radius 3 is 2.58 bits per heavy atom. The Kier molecular flexibility index (Phi) is 6.01. The zero-order chi connectivity index (χ0) is 23.7. The number of halogens is 1. The van der Waals surface area contributed by atoms with Crippen molar-refractivity contribution in [2.24, 2.45) is 4.99 Å². The number of thioether (sulfide) groups is 1. The van der Waals surface area contributed by atoms with E-state index in [4.69, 9.17) is 4.74 Å². The molecular weight excluding hydrogens is 447 g/mol. The van der Waals surface area contributed by atoms with E-state index < -0.39 is 4.92 Å². The minimum atomic E-state index is -0.474. The number of nitro benzene ring substituents is 1. The molecule has 3 aromatic rings. The highest BCUT2D eigenvalue weighted by atomic mass is 32.2. The van der Waals surface area contributed by atoms with Gasteiger partial charge in [-0.15, -0.1) is 0 Å². The molecule has 0 bridgehead atoms. The summed E-state index contributed by atoms with van der Waals surface area (Å²) in [5, 5.41) is 14.2. The number of aromatic nitrogens is 1. The number of carbonyl (C=O) groups excluding carboxylic acids is 1. The van der Waals surface area contributed by atoms with Gasteiger partial charge in [0.15, 0.2) is 5.17 Å². The molecule has 1 amide bonds. The summed E-state index contributed by atoms with van der Waals surface area (Å²) >= 11 is 1.19. The van der Waals surface area contributed by atoms with E-state index in [0.29, 0.717) is 27.2 Å². The number of benzene rings is 2. The van der Waals surface area contributed by atoms with Crippen LogP contribution in [0.3, 0.4) is 0 Å². The molecule has 8 nitrogen and oxygen atoms in total. The van der Waals surface area contributed by atoms with Crippen molar-refractivity contribution in [2.75, 3.05) is 7.11 Å². The first-order valence-corrected chi connectivity index (χ1v) is 10.7. The van der Waals surface area contributed by atoms with Gasteiger partial charge in [-0.3, -0.25) is 14.9 Å². The summed E-state index contributed by atoms with van der Waals surface area (Å²) in [6.45, 7) is 3.80. The first kappa shape index (κ1) is 22.3. The summed E-state index contributed by atoms with van der Waals surface area (Å²) in [6, 6.07) is 12.0. The molecule has 10 heteroatoms. The topological polar surface area (TPSA) is 98.8 Å². The molecular formula is C23H19FN4O4S. The van der Waals surface area contributed by atoms with Gasteiger partial charge in [0.1, 0.15) is 11.6 Å². The third-order valence-corrected chi connectivity index (χ3v) is 5.99. The van der Waals surface area contributed by atoms with Crippen molar-refractivity contribution in [1.82, 2.24) is 9.88 Å². The van der Waals surface area contributed by atoms with Crippen LogP contribution in [0.25, 0.3) is 11.8 Å². The van der Waals surface area contributed by atoms with E-state index in [2.05, 4.69) is 10.3 Å². The van der Waals surface area contributed by atoms with Crippen LogP contribution in [0, 0.1) is 29.8 Å². The van der Waals surface area contributed by atoms with Crippen molar-refractivity contribution < 1.29 is 18.8 Å². The smallest absolute Gasteiger partial charge is 0.273 e. The normalized spacial score (nSPS) is 15.8. The van der Waals surface area contributed by atoms with Gasteiger partial charge < -0.3 is 14.6 Å². The van der Waals surface area contributed by atoms with Gasteiger partial charge in [-0.25, -0.2) is 9.38 Å². The van der Waals surface area contributed by atoms with E-state index in [-0.39, 0.29) is 17.4 Å². The lowest BCUT2D eigenvalue weighted by Gasteiger charge is -2.13. The average Bonchev–Trinajstić information content (AvgIpc) is 3.27. The standard InChI is InChI=1S/C23H19FN4O4S/c1-13-10-15(14(2)27(13)19-9-8-18(28(30)31)12-20(19)32-3)11-21-22(29)26-23(33-21)25-17-6-4-16(24)5-7-17/h4-12H,1-3H3,(H,25,26,29). The fourth-order valence-corrected chi connectivity index (χ4v) is 4.36. The first-order valence-electron chi connectivity index (χ1n) is 9.83. The lowest BCUT2D eigenvalue weighted by atomic mass is 10.2. The van der Waals surface area contributed by atoms with Gasteiger partial charge >= 0.3 is 0 Å². The van der Waals surface area contributed by atoms with Crippen LogP contribution in [-0.2, 0) is 4.79 Å². The summed E-state index contributed by atoms with van der Waals surface area (Å²) < 4.78 is 20.4. The second kappa shape index (κ2) is 8.91. The van der Waals surface area contributed by atoms with Crippen LogP contribution in [0.1, 0.15) is 17.0 Å². The maximum atomic E-state index is 13.1. The molecule has 0 saturated carbocycles. The van der Waals surface area contributed by atoms with Crippen molar-refractivity contribution in [1.29, 1.82) is 0 Å². The molecule has 0 atom stereocenters. The van der Waals surface area contributed by atoms with E-state index >= 15 is 0 Å². The molecule has 1 fully saturated rings. The predicted octanol–water partition coefficient (Wildman–Crippen LogP) is 5.04. The molecule has 2 aromatic carbocycles. The number of amides is 1. The quantitative estimate of drug-likeness (QED) is 0.323. The summed E-state index contributed by atoms with van der Waals surface area (Å²) in [5.74, 6) is -0.270. The number of hydrogen-bond acceptors (Lipinski definition) is 6. The number of aliphatic imine (C=N–C) groups is 1. The van der Waals surface area contributed by atoms with E-state index in [1.165, 1.54) is 55.3 Å². The summed E-state index contributed by atoms with van der Waals surface area (Å²) in [5.41, 5.74) is 3.65. The lowest BCUT2D eigenvalue weighted by molar-refractivity contribution is -0.384. The zero-order valence-electron chi connectivity index (χ0n) is 18.0. The van der Waals surface area contributed by atoms with Crippen LogP contribution in [0.5, 0.6) is 5.75 Å². The van der Waals surface area contributed by atoms with Gasteiger partial charge in [0, 0.05) is 17.5 Å². The Bertz CT molecular complexity index is 1330. The van der Waals surface area contributed by atoms with Gasteiger partial charge in [-0.2, -0.15) is 0 Å². The number of non-ortho nitro benzene ring substituents is 1. The Labute approximate surface area is 192 Å². The SMILES string of the molecule is COc1cc([N+](=O)[O-])ccc1-n1c(C)cc(C=C2SC(=Nc3ccc(F)cc3)NC2=O)c1C. The second-order valence-electron chi connectivity index (χ2n) is 7.23. The maximum absolute atomic E-state index is 13.1. The Morgan fingerprint density at radius 1 is 1.18 bits per heavy atom. The maximum Gasteiger partial charge on any atom is 0.273 e. The fourth-order valence-electron chi connectivity index (χ4n) is 3.52. The van der Waals surface area contributed by atoms with Crippen molar-refractivity contribution in [3.05, 3.63) is 86.3 Å². The third-order valence-electron chi connectivity index (χ3n) is 5.08. The molecule has 0 aliphatic carbocycles. The van der Waals surface area contributed by atoms with E-state index in [1.807, 2.05) is 24.5 Å².